The average molecular weight is 368 g/mol. The van der Waals surface area contributed by atoms with E-state index in [1.54, 1.807) is 20.8 Å². The van der Waals surface area contributed by atoms with Crippen LogP contribution >= 0.6 is 0 Å². The molecule has 7 nitrogen and oxygen atoms in total. The number of halogens is 2. The van der Waals surface area contributed by atoms with Crippen LogP contribution in [0.4, 0.5) is 13.6 Å². The lowest BCUT2D eigenvalue weighted by molar-refractivity contribution is -0.122. The van der Waals surface area contributed by atoms with Crippen LogP contribution in [-0.2, 0) is 9.53 Å². The Hall–Kier alpha value is -2.97. The number of hydrogen-bond donors (Lipinski definition) is 3. The summed E-state index contributed by atoms with van der Waals surface area (Å²) in [6.45, 7) is 10.1. The molecule has 1 aromatic carbocycles. The summed E-state index contributed by atoms with van der Waals surface area (Å²) in [5, 5.41) is 5.88. The Morgan fingerprint density at radius 3 is 2.46 bits per heavy atom. The molecule has 1 rings (SSSR count). The molecule has 26 heavy (non-hydrogen) atoms. The molecule has 0 aliphatic carbocycles. The Balaban J connectivity index is 2.86. The molecule has 1 aromatic rings. The van der Waals surface area contributed by atoms with Gasteiger partial charge in [-0.3, -0.25) is 4.79 Å². The first-order chi connectivity index (χ1) is 11.9. The molecular weight excluding hydrogens is 346 g/mol. The predicted octanol–water partition coefficient (Wildman–Crippen LogP) is 2.17. The highest BCUT2D eigenvalue weighted by atomic mass is 19.1. The third-order valence-electron chi connectivity index (χ3n) is 2.91. The number of hydrazone groups is 1. The number of nitrogens with zero attached hydrogens (tertiary/aromatic N) is 1. The minimum Gasteiger partial charge on any atom is -0.444 e. The van der Waals surface area contributed by atoms with Gasteiger partial charge in [0.2, 0.25) is 0 Å². The molecule has 0 heterocycles. The number of carbonyl (C=O) groups is 2. The van der Waals surface area contributed by atoms with Crippen LogP contribution in [-0.4, -0.2) is 29.5 Å². The first-order valence-corrected chi connectivity index (χ1v) is 7.64. The van der Waals surface area contributed by atoms with Gasteiger partial charge >= 0.3 is 6.09 Å². The van der Waals surface area contributed by atoms with Crippen molar-refractivity contribution in [2.45, 2.75) is 39.3 Å². The molecule has 0 fully saturated rings. The number of alkyl carbamates (subject to hydrolysis) is 1. The van der Waals surface area contributed by atoms with Crippen molar-refractivity contribution >= 4 is 17.8 Å². The molecule has 0 spiro atoms. The first-order valence-electron chi connectivity index (χ1n) is 7.64. The van der Waals surface area contributed by atoms with Crippen LogP contribution in [0.15, 0.2) is 35.5 Å². The SMILES string of the molecule is C=C(C)[C@@H](NC(=O)OC(C)(C)C)C(=O)NN=C(N)c1cc(F)ccc1F. The summed E-state index contributed by atoms with van der Waals surface area (Å²) in [5.41, 5.74) is 6.89. The molecule has 9 heteroatoms. The lowest BCUT2D eigenvalue weighted by atomic mass is 10.1. The highest BCUT2D eigenvalue weighted by Crippen LogP contribution is 2.10. The lowest BCUT2D eigenvalue weighted by Gasteiger charge is -2.23. The van der Waals surface area contributed by atoms with Crippen LogP contribution in [0.25, 0.3) is 0 Å². The summed E-state index contributed by atoms with van der Waals surface area (Å²) in [4.78, 5) is 24.0. The minimum atomic E-state index is -1.15. The molecule has 0 saturated carbocycles. The lowest BCUT2D eigenvalue weighted by Crippen LogP contribution is -2.48. The maximum absolute atomic E-state index is 13.6. The zero-order valence-corrected chi connectivity index (χ0v) is 15.0. The average Bonchev–Trinajstić information content (AvgIpc) is 2.50. The van der Waals surface area contributed by atoms with Crippen molar-refractivity contribution in [3.8, 4) is 0 Å². The number of rotatable bonds is 5. The van der Waals surface area contributed by atoms with Crippen molar-refractivity contribution in [1.82, 2.24) is 10.7 Å². The van der Waals surface area contributed by atoms with Gasteiger partial charge in [-0.05, 0) is 51.5 Å². The Morgan fingerprint density at radius 2 is 1.92 bits per heavy atom. The number of nitrogens with one attached hydrogen (secondary N) is 2. The van der Waals surface area contributed by atoms with Crippen LogP contribution in [0.1, 0.15) is 33.3 Å². The molecule has 2 amide bonds. The number of amides is 2. The number of ether oxygens (including phenoxy) is 1. The smallest absolute Gasteiger partial charge is 0.408 e. The summed E-state index contributed by atoms with van der Waals surface area (Å²) in [6.07, 6.45) is -0.825. The third kappa shape index (κ3) is 6.50. The Kier molecular flexibility index (Phi) is 6.82. The van der Waals surface area contributed by atoms with Gasteiger partial charge in [0.15, 0.2) is 5.84 Å². The van der Waals surface area contributed by atoms with Gasteiger partial charge in [0.25, 0.3) is 5.91 Å². The Morgan fingerprint density at radius 1 is 1.31 bits per heavy atom. The third-order valence-corrected chi connectivity index (χ3v) is 2.91. The Bertz CT molecular complexity index is 742. The number of hydrogen-bond acceptors (Lipinski definition) is 4. The molecule has 0 bridgehead atoms. The van der Waals surface area contributed by atoms with E-state index in [2.05, 4.69) is 22.4 Å². The molecular formula is C17H22F2N4O3. The van der Waals surface area contributed by atoms with E-state index in [0.29, 0.717) is 5.57 Å². The molecule has 0 saturated heterocycles. The maximum Gasteiger partial charge on any atom is 0.408 e. The fourth-order valence-electron chi connectivity index (χ4n) is 1.77. The fourth-order valence-corrected chi connectivity index (χ4v) is 1.77. The summed E-state index contributed by atoms with van der Waals surface area (Å²) in [7, 11) is 0. The topological polar surface area (TPSA) is 106 Å². The molecule has 4 N–H and O–H groups in total. The van der Waals surface area contributed by atoms with Crippen molar-refractivity contribution in [1.29, 1.82) is 0 Å². The fraction of sp³-hybridized carbons (Fsp3) is 0.353. The molecule has 0 unspecified atom stereocenters. The second kappa shape index (κ2) is 8.41. The van der Waals surface area contributed by atoms with Gasteiger partial charge in [-0.25, -0.2) is 19.0 Å². The van der Waals surface area contributed by atoms with E-state index in [1.165, 1.54) is 6.92 Å². The van der Waals surface area contributed by atoms with Gasteiger partial charge in [-0.15, -0.1) is 0 Å². The monoisotopic (exact) mass is 368 g/mol. The molecule has 142 valence electrons. The quantitative estimate of drug-likeness (QED) is 0.320. The summed E-state index contributed by atoms with van der Waals surface area (Å²) in [5.74, 6) is -2.72. The van der Waals surface area contributed by atoms with E-state index >= 15 is 0 Å². The van der Waals surface area contributed by atoms with E-state index in [0.717, 1.165) is 18.2 Å². The second-order valence-electron chi connectivity index (χ2n) is 6.52. The van der Waals surface area contributed by atoms with Crippen LogP contribution in [0.3, 0.4) is 0 Å². The van der Waals surface area contributed by atoms with Gasteiger partial charge in [0.05, 0.1) is 5.56 Å². The van der Waals surface area contributed by atoms with Gasteiger partial charge < -0.3 is 15.8 Å². The van der Waals surface area contributed by atoms with Crippen LogP contribution < -0.4 is 16.5 Å². The van der Waals surface area contributed by atoms with E-state index in [4.69, 9.17) is 10.5 Å². The van der Waals surface area contributed by atoms with Crippen LogP contribution in [0, 0.1) is 11.6 Å². The summed E-state index contributed by atoms with van der Waals surface area (Å²) < 4.78 is 31.9. The van der Waals surface area contributed by atoms with Gasteiger partial charge in [0.1, 0.15) is 23.3 Å². The highest BCUT2D eigenvalue weighted by Gasteiger charge is 2.25. The van der Waals surface area contributed by atoms with Gasteiger partial charge in [0, 0.05) is 0 Å². The maximum atomic E-state index is 13.6. The highest BCUT2D eigenvalue weighted by molar-refractivity contribution is 5.98. The van der Waals surface area contributed by atoms with Crippen molar-refractivity contribution in [3.63, 3.8) is 0 Å². The van der Waals surface area contributed by atoms with Crippen molar-refractivity contribution in [3.05, 3.63) is 47.5 Å². The standard InChI is InChI=1S/C17H22F2N4O3/c1-9(2)13(21-16(25)26-17(3,4)5)15(24)23-22-14(20)11-8-10(18)6-7-12(11)19/h6-8,13H,1H2,2-5H3,(H2,20,22)(H,21,25)(H,23,24)/t13-/m1/s1. The van der Waals surface area contributed by atoms with E-state index in [-0.39, 0.29) is 5.56 Å². The van der Waals surface area contributed by atoms with Crippen molar-refractivity contribution in [2.75, 3.05) is 0 Å². The molecule has 0 radical (unpaired) electrons. The Labute approximate surface area is 150 Å². The molecule has 1 atom stereocenters. The predicted molar refractivity (Wildman–Crippen MR) is 93.2 cm³/mol. The normalized spacial score (nSPS) is 12.9. The molecule has 0 aliphatic heterocycles. The largest absolute Gasteiger partial charge is 0.444 e. The van der Waals surface area contributed by atoms with Crippen LogP contribution in [0.5, 0.6) is 0 Å². The van der Waals surface area contributed by atoms with E-state index < -0.39 is 41.1 Å². The zero-order valence-electron chi connectivity index (χ0n) is 15.0. The van der Waals surface area contributed by atoms with Gasteiger partial charge in [-0.2, -0.15) is 5.10 Å². The minimum absolute atomic E-state index is 0.305. The van der Waals surface area contributed by atoms with Gasteiger partial charge in [-0.1, -0.05) is 6.58 Å². The van der Waals surface area contributed by atoms with Crippen molar-refractivity contribution < 1.29 is 23.1 Å². The summed E-state index contributed by atoms with van der Waals surface area (Å²) >= 11 is 0. The number of nitrogens with two attached hydrogens (primary N) is 1. The van der Waals surface area contributed by atoms with Crippen LogP contribution in [0.2, 0.25) is 0 Å². The zero-order chi connectivity index (χ0) is 20.1. The number of benzene rings is 1. The number of carbonyl (C=O) groups excluding carboxylic acids is 2. The second-order valence-corrected chi connectivity index (χ2v) is 6.52. The summed E-state index contributed by atoms with van der Waals surface area (Å²) in [6, 6.07) is 1.50. The van der Waals surface area contributed by atoms with Crippen molar-refractivity contribution in [2.24, 2.45) is 10.8 Å². The van der Waals surface area contributed by atoms with E-state index in [9.17, 15) is 18.4 Å². The molecule has 0 aromatic heterocycles. The van der Waals surface area contributed by atoms with E-state index in [1.807, 2.05) is 0 Å². The first kappa shape index (κ1) is 21.1. The molecule has 0 aliphatic rings. The number of amidine groups is 1.